The van der Waals surface area contributed by atoms with Crippen molar-refractivity contribution in [3.63, 3.8) is 0 Å². The lowest BCUT2D eigenvalue weighted by Gasteiger charge is -2.36. The standard InChI is InChI=1S/C14H13F8NO4/c1-4-7(12(26,13(17,18)19)14(20,21)22)5(3-6(23)11(24)25)9(16)10(27-2)8(4)15/h6,26H,3,23H2,1-2H3,(H,24,25). The fourth-order valence-electron chi connectivity index (χ4n) is 2.46. The minimum absolute atomic E-state index is 0.421. The van der Waals surface area contributed by atoms with Crippen molar-refractivity contribution >= 4 is 5.97 Å². The number of benzene rings is 1. The highest BCUT2D eigenvalue weighted by Crippen LogP contribution is 2.53. The van der Waals surface area contributed by atoms with Crippen LogP contribution in [-0.4, -0.2) is 41.7 Å². The van der Waals surface area contributed by atoms with E-state index in [1.54, 1.807) is 0 Å². The second-order valence-electron chi connectivity index (χ2n) is 5.49. The fraction of sp³-hybridized carbons (Fsp3) is 0.500. The summed E-state index contributed by atoms with van der Waals surface area (Å²) in [5, 5.41) is 18.3. The molecule has 0 amide bonds. The molecule has 0 radical (unpaired) electrons. The van der Waals surface area contributed by atoms with E-state index in [9.17, 15) is 45.0 Å². The van der Waals surface area contributed by atoms with E-state index in [0.717, 1.165) is 0 Å². The molecule has 0 fully saturated rings. The summed E-state index contributed by atoms with van der Waals surface area (Å²) in [6, 6.07) is -2.15. The summed E-state index contributed by atoms with van der Waals surface area (Å²) in [7, 11) is 0.682. The summed E-state index contributed by atoms with van der Waals surface area (Å²) in [4.78, 5) is 10.8. The Hall–Kier alpha value is -2.15. The first-order valence-corrected chi connectivity index (χ1v) is 6.91. The molecular weight excluding hydrogens is 398 g/mol. The zero-order valence-corrected chi connectivity index (χ0v) is 13.6. The Kier molecular flexibility index (Phi) is 6.03. The molecule has 1 atom stereocenters. The van der Waals surface area contributed by atoms with Crippen LogP contribution in [0.3, 0.4) is 0 Å². The molecule has 4 N–H and O–H groups in total. The summed E-state index contributed by atoms with van der Waals surface area (Å²) >= 11 is 0. The Morgan fingerprint density at radius 3 is 1.89 bits per heavy atom. The number of halogens is 8. The van der Waals surface area contributed by atoms with Crippen molar-refractivity contribution in [1.29, 1.82) is 0 Å². The monoisotopic (exact) mass is 411 g/mol. The Bertz CT molecular complexity index is 730. The van der Waals surface area contributed by atoms with Gasteiger partial charge in [-0.15, -0.1) is 0 Å². The van der Waals surface area contributed by atoms with E-state index in [2.05, 4.69) is 4.74 Å². The summed E-state index contributed by atoms with van der Waals surface area (Å²) in [6.45, 7) is 0.421. The SMILES string of the molecule is COc1c(F)c(C)c(C(O)(C(F)(F)F)C(F)(F)F)c(CC(N)C(=O)O)c1F. The molecule has 13 heteroatoms. The maximum atomic E-state index is 14.4. The maximum absolute atomic E-state index is 14.4. The molecule has 1 unspecified atom stereocenters. The van der Waals surface area contributed by atoms with Crippen molar-refractivity contribution in [1.82, 2.24) is 0 Å². The predicted molar refractivity (Wildman–Crippen MR) is 73.0 cm³/mol. The first kappa shape index (κ1) is 22.9. The fourth-order valence-corrected chi connectivity index (χ4v) is 2.46. The quantitative estimate of drug-likeness (QED) is 0.648. The molecule has 0 aliphatic heterocycles. The third-order valence-electron chi connectivity index (χ3n) is 3.80. The summed E-state index contributed by atoms with van der Waals surface area (Å²) in [5.74, 6) is -7.21. The largest absolute Gasteiger partial charge is 0.491 e. The second-order valence-corrected chi connectivity index (χ2v) is 5.49. The average Bonchev–Trinajstić information content (AvgIpc) is 2.50. The van der Waals surface area contributed by atoms with Crippen LogP contribution in [0.15, 0.2) is 0 Å². The van der Waals surface area contributed by atoms with Crippen LogP contribution in [0.5, 0.6) is 5.75 Å². The summed E-state index contributed by atoms with van der Waals surface area (Å²) < 4.78 is 112. The number of carbonyl (C=O) groups is 1. The molecule has 1 aromatic rings. The van der Waals surface area contributed by atoms with Gasteiger partial charge in [0, 0.05) is 17.5 Å². The topological polar surface area (TPSA) is 92.8 Å². The molecule has 0 saturated carbocycles. The Labute approximate surface area is 146 Å². The lowest BCUT2D eigenvalue weighted by atomic mass is 9.82. The van der Waals surface area contributed by atoms with Gasteiger partial charge in [-0.1, -0.05) is 0 Å². The van der Waals surface area contributed by atoms with Gasteiger partial charge in [0.15, 0.2) is 17.4 Å². The number of hydrogen-bond donors (Lipinski definition) is 3. The molecule has 0 spiro atoms. The van der Waals surface area contributed by atoms with Crippen molar-refractivity contribution in [2.24, 2.45) is 5.73 Å². The molecule has 0 heterocycles. The normalized spacial score (nSPS) is 14.2. The first-order chi connectivity index (χ1) is 12.0. The van der Waals surface area contributed by atoms with Crippen molar-refractivity contribution in [2.45, 2.75) is 37.3 Å². The third kappa shape index (κ3) is 3.65. The van der Waals surface area contributed by atoms with Gasteiger partial charge >= 0.3 is 18.3 Å². The van der Waals surface area contributed by atoms with Gasteiger partial charge < -0.3 is 20.7 Å². The summed E-state index contributed by atoms with van der Waals surface area (Å²) in [6.07, 6.45) is -14.3. The molecule has 0 aromatic heterocycles. The molecule has 0 bridgehead atoms. The number of nitrogens with two attached hydrogens (primary N) is 1. The number of methoxy groups -OCH3 is 1. The molecule has 0 aliphatic rings. The van der Waals surface area contributed by atoms with Gasteiger partial charge in [-0.3, -0.25) is 4.79 Å². The molecule has 154 valence electrons. The van der Waals surface area contributed by atoms with Gasteiger partial charge in [0.25, 0.3) is 5.60 Å². The van der Waals surface area contributed by atoms with E-state index in [0.29, 0.717) is 14.0 Å². The van der Waals surface area contributed by atoms with Crippen LogP contribution < -0.4 is 10.5 Å². The van der Waals surface area contributed by atoms with Gasteiger partial charge in [0.1, 0.15) is 6.04 Å². The number of aliphatic hydroxyl groups is 1. The minimum Gasteiger partial charge on any atom is -0.491 e. The minimum atomic E-state index is -6.45. The van der Waals surface area contributed by atoms with Crippen LogP contribution in [-0.2, 0) is 16.8 Å². The van der Waals surface area contributed by atoms with Crippen LogP contribution in [0.1, 0.15) is 16.7 Å². The number of alkyl halides is 6. The van der Waals surface area contributed by atoms with E-state index >= 15 is 0 Å². The molecule has 1 rings (SSSR count). The molecule has 5 nitrogen and oxygen atoms in total. The number of carboxylic acids is 1. The molecule has 0 saturated heterocycles. The van der Waals surface area contributed by atoms with Gasteiger partial charge in [-0.05, 0) is 12.5 Å². The predicted octanol–water partition coefficient (Wildman–Crippen LogP) is 2.55. The van der Waals surface area contributed by atoms with Gasteiger partial charge in [0.05, 0.1) is 7.11 Å². The number of rotatable bonds is 5. The highest BCUT2D eigenvalue weighted by molar-refractivity contribution is 5.73. The van der Waals surface area contributed by atoms with Crippen LogP contribution >= 0.6 is 0 Å². The number of aliphatic carboxylic acids is 1. The lowest BCUT2D eigenvalue weighted by Crippen LogP contribution is -2.55. The van der Waals surface area contributed by atoms with E-state index in [-0.39, 0.29) is 0 Å². The van der Waals surface area contributed by atoms with Crippen LogP contribution in [0.2, 0.25) is 0 Å². The highest BCUT2D eigenvalue weighted by Gasteiger charge is 2.72. The maximum Gasteiger partial charge on any atom is 0.430 e. The average molecular weight is 411 g/mol. The zero-order chi connectivity index (χ0) is 21.5. The van der Waals surface area contributed by atoms with E-state index < -0.39 is 70.5 Å². The molecule has 27 heavy (non-hydrogen) atoms. The van der Waals surface area contributed by atoms with E-state index in [1.807, 2.05) is 0 Å². The molecular formula is C14H13F8NO4. The first-order valence-electron chi connectivity index (χ1n) is 6.91. The van der Waals surface area contributed by atoms with Crippen molar-refractivity contribution in [3.05, 3.63) is 28.3 Å². The number of carboxylic acid groups (broad SMARTS) is 1. The van der Waals surface area contributed by atoms with Crippen molar-refractivity contribution in [2.75, 3.05) is 7.11 Å². The molecule has 0 aliphatic carbocycles. The van der Waals surface area contributed by atoms with E-state index in [1.165, 1.54) is 0 Å². The van der Waals surface area contributed by atoms with Gasteiger partial charge in [-0.25, -0.2) is 8.78 Å². The van der Waals surface area contributed by atoms with Gasteiger partial charge in [0.2, 0.25) is 0 Å². The Morgan fingerprint density at radius 2 is 1.56 bits per heavy atom. The second kappa shape index (κ2) is 7.11. The Balaban J connectivity index is 4.08. The van der Waals surface area contributed by atoms with Crippen LogP contribution in [0, 0.1) is 18.6 Å². The van der Waals surface area contributed by atoms with Crippen LogP contribution in [0.25, 0.3) is 0 Å². The smallest absolute Gasteiger partial charge is 0.430 e. The third-order valence-corrected chi connectivity index (χ3v) is 3.80. The van der Waals surface area contributed by atoms with Crippen LogP contribution in [0.4, 0.5) is 35.1 Å². The van der Waals surface area contributed by atoms with Crippen molar-refractivity contribution in [3.8, 4) is 5.75 Å². The Morgan fingerprint density at radius 1 is 1.11 bits per heavy atom. The highest BCUT2D eigenvalue weighted by atomic mass is 19.4. The van der Waals surface area contributed by atoms with E-state index in [4.69, 9.17) is 10.8 Å². The van der Waals surface area contributed by atoms with Gasteiger partial charge in [-0.2, -0.15) is 26.3 Å². The number of ether oxygens (including phenoxy) is 1. The lowest BCUT2D eigenvalue weighted by molar-refractivity contribution is -0.376. The van der Waals surface area contributed by atoms with Crippen molar-refractivity contribution < 1.29 is 54.9 Å². The summed E-state index contributed by atoms with van der Waals surface area (Å²) in [5.41, 5.74) is -5.85. The number of hydrogen-bond acceptors (Lipinski definition) is 4. The molecule has 1 aromatic carbocycles. The zero-order valence-electron chi connectivity index (χ0n) is 13.6.